The molecule has 0 bridgehead atoms. The van der Waals surface area contributed by atoms with Crippen LogP contribution in [0, 0.1) is 84.7 Å². The van der Waals surface area contributed by atoms with Gasteiger partial charge in [-0.2, -0.15) is 20.6 Å². The Morgan fingerprint density at radius 3 is 1.18 bits per heavy atom. The lowest BCUT2D eigenvalue weighted by Crippen LogP contribution is -2.62. The van der Waals surface area contributed by atoms with Crippen LogP contribution in [0.15, 0.2) is 72.5 Å². The predicted octanol–water partition coefficient (Wildman–Crippen LogP) is 16.0. The van der Waals surface area contributed by atoms with Gasteiger partial charge in [0.15, 0.2) is 34.7 Å². The number of benzene rings is 2. The van der Waals surface area contributed by atoms with E-state index in [9.17, 15) is 34.3 Å². The van der Waals surface area contributed by atoms with E-state index in [4.69, 9.17) is 58.9 Å². The number of ether oxygens (including phenoxy) is 8. The topological polar surface area (TPSA) is 307 Å². The monoisotopic (exact) mass is 1640 g/mol. The number of nitrogens with zero attached hydrogens (tertiary/aromatic N) is 7. The van der Waals surface area contributed by atoms with Crippen molar-refractivity contribution in [3.63, 3.8) is 0 Å². The molecular weight excluding hydrogens is 1510 g/mol. The molecule has 24 heteroatoms. The van der Waals surface area contributed by atoms with Crippen molar-refractivity contribution in [3.05, 3.63) is 117 Å². The first kappa shape index (κ1) is 86.5. The van der Waals surface area contributed by atoms with Gasteiger partial charge in [0.25, 0.3) is 11.8 Å². The number of nitrogens with one attached hydrogen (secondary N) is 2. The fraction of sp³-hybridized carbons (Fsp3) is 0.695. The zero-order chi connectivity index (χ0) is 85.5. The second kappa shape index (κ2) is 30.8. The average molecular weight is 1640 g/mol. The smallest absolute Gasteiger partial charge is 0.256 e. The number of allylic oxidation sites excluding steroid dienone is 1. The minimum Gasteiger partial charge on any atom is -0.515 e. The van der Waals surface area contributed by atoms with Gasteiger partial charge in [-0.15, -0.1) is 0 Å². The maximum Gasteiger partial charge on any atom is 0.256 e. The van der Waals surface area contributed by atoms with E-state index in [1.54, 1.807) is 4.68 Å². The van der Waals surface area contributed by atoms with Crippen molar-refractivity contribution in [2.24, 2.45) is 94.6 Å². The lowest BCUT2D eigenvalue weighted by atomic mass is 9.48. The minimum absolute atomic E-state index is 0.0273. The minimum atomic E-state index is -0.531. The Balaban J connectivity index is 0.000000117. The summed E-state index contributed by atoms with van der Waals surface area (Å²) in [5, 5.41) is 39.2. The standard InChI is InChI=1S/C24H31N3O3.C22H27N3O2.C17H27N3O2.C16H23NO3.C16H24O4/c1-22(2)18-11-10-17-19(23(18,3)12-13-24(22)29-14-15-30-24)26-27(4)20(17)25-21(28)16-8-6-5-7-9-16;1-21(2)16-11-10-15-18(22(16,3)13-12-17(21)26)24-25(4)19(15)23-20(27)14-8-6-5-7-9-14;1-15(2)12-6-5-11-13(19-20(4)14(11)18)16(12,3)7-8-17(15)21-9-10-22-17;2*1-14(2)12-5-4-11(10-17)13(18)15(12,3)6-7-16(14)19-8-9-20-16/h5-9,18H,10-15H2,1-4H3,(H,25,28);5-9,16H,10-13H2,1-4H3,(H,23,27);12H,5-10,18H2,1-4H3;11-12H,4-9H2,1-3H3;10,12,17H,4-9H2,1-3H3/b;;;;11-10+/t18-,23-;16-,22-;12-,16-;11?,12-,15-;12-,15-/m00000/s1. The molecular formula is C95H132N10O14. The van der Waals surface area contributed by atoms with E-state index in [1.807, 2.05) is 105 Å². The van der Waals surface area contributed by atoms with E-state index >= 15 is 0 Å². The van der Waals surface area contributed by atoms with Crippen LogP contribution < -0.4 is 16.4 Å². The van der Waals surface area contributed by atoms with Gasteiger partial charge in [-0.05, 0) is 150 Å². The molecule has 24 nitrogen and oxygen atoms in total. The molecule has 646 valence electrons. The summed E-state index contributed by atoms with van der Waals surface area (Å²) >= 11 is 0. The van der Waals surface area contributed by atoms with Crippen molar-refractivity contribution in [1.82, 2.24) is 29.3 Å². The summed E-state index contributed by atoms with van der Waals surface area (Å²) in [6, 6.07) is 20.8. The first-order valence-electron chi connectivity index (χ1n) is 44.2. The molecule has 11 atom stereocenters. The Morgan fingerprint density at radius 2 is 0.773 bits per heavy atom. The molecule has 3 aromatic heterocycles. The van der Waals surface area contributed by atoms with E-state index in [0.717, 1.165) is 150 Å². The summed E-state index contributed by atoms with van der Waals surface area (Å²) in [7, 11) is 5.76. The number of Topliss-reactive ketones (excluding diaryl/α,β-unsaturated/α-hetero) is 3. The molecule has 11 fully saturated rings. The Morgan fingerprint density at radius 1 is 0.437 bits per heavy atom. The van der Waals surface area contributed by atoms with Gasteiger partial charge in [-0.25, -0.2) is 0 Å². The number of fused-ring (bicyclic) bond motifs is 11. The van der Waals surface area contributed by atoms with Gasteiger partial charge < -0.3 is 59.4 Å². The number of carbonyl (C=O) groups excluding carboxylic acids is 5. The zero-order valence-corrected chi connectivity index (χ0v) is 74.1. The van der Waals surface area contributed by atoms with Crippen LogP contribution >= 0.6 is 0 Å². The highest BCUT2D eigenvalue weighted by Gasteiger charge is 2.70. The zero-order valence-electron chi connectivity index (χ0n) is 74.1. The molecule has 7 heterocycles. The van der Waals surface area contributed by atoms with E-state index in [-0.39, 0.29) is 84.5 Å². The van der Waals surface area contributed by atoms with Gasteiger partial charge in [0, 0.05) is 141 Å². The number of aromatic nitrogens is 6. The molecule has 10 aliphatic carbocycles. The third-order valence-electron chi connectivity index (χ3n) is 33.8. The molecule has 119 heavy (non-hydrogen) atoms. The van der Waals surface area contributed by atoms with Gasteiger partial charge >= 0.3 is 0 Å². The van der Waals surface area contributed by atoms with Crippen molar-refractivity contribution < 1.29 is 67.0 Å². The first-order valence-corrected chi connectivity index (χ1v) is 44.2. The quantitative estimate of drug-likeness (QED) is 0.0960. The van der Waals surface area contributed by atoms with E-state index in [2.05, 4.69) is 107 Å². The van der Waals surface area contributed by atoms with Crippen molar-refractivity contribution in [2.45, 2.75) is 272 Å². The number of nitrogens with two attached hydrogens (primary N) is 1. The molecule has 7 saturated carbocycles. The predicted molar refractivity (Wildman–Crippen MR) is 450 cm³/mol. The highest BCUT2D eigenvalue weighted by atomic mass is 16.8. The van der Waals surface area contributed by atoms with Crippen molar-refractivity contribution in [3.8, 4) is 6.07 Å². The van der Waals surface area contributed by atoms with Crippen LogP contribution in [-0.4, -0.2) is 140 Å². The van der Waals surface area contributed by atoms with Crippen molar-refractivity contribution in [2.75, 3.05) is 69.2 Å². The number of nitrogen functional groups attached to an aromatic ring is 1. The van der Waals surface area contributed by atoms with Crippen LogP contribution in [-0.2, 0) is 109 Å². The van der Waals surface area contributed by atoms with Crippen LogP contribution in [0.4, 0.5) is 17.5 Å². The highest BCUT2D eigenvalue weighted by molar-refractivity contribution is 6.05. The molecule has 4 spiro atoms. The first-order chi connectivity index (χ1) is 56.1. The number of aryl methyl sites for hydroxylation is 3. The SMILES string of the molecule is CC1(C)[C@@H]2CC/C(=C\O)C(=O)[C@@]2(C)CCC12OCCO2.CC1(C)[C@@H]2CCC(C#N)C(=O)[C@@]2(C)CCC12OCCO2.Cn1nc2c(c1N)CC[C@H]1C(C)(C)C3(CC[C@]21C)OCCO3.Cn1nc2c(c1NC(=O)c1ccccc1)CC[C@H]1C(C)(C)C(=O)CC[C@]21C.Cn1nc2c(c1NC(=O)c1ccccc1)CC[C@H]1C(C)(C)C3(CC[C@]21C)OCCO3. The second-order valence-electron chi connectivity index (χ2n) is 41.0. The molecule has 5 N–H and O–H groups in total. The number of aliphatic hydroxyl groups is 1. The Bertz CT molecular complexity index is 4790. The van der Waals surface area contributed by atoms with Crippen LogP contribution in [0.5, 0.6) is 0 Å². The number of ketones is 3. The number of rotatable bonds is 4. The fourth-order valence-corrected chi connectivity index (χ4v) is 26.9. The van der Waals surface area contributed by atoms with Crippen LogP contribution in [0.3, 0.4) is 0 Å². The molecule has 5 aromatic rings. The fourth-order valence-electron chi connectivity index (χ4n) is 26.9. The number of hydrogen-bond donors (Lipinski definition) is 4. The summed E-state index contributed by atoms with van der Waals surface area (Å²) in [5.41, 5.74) is 13.3. The molecule has 4 aliphatic heterocycles. The lowest BCUT2D eigenvalue weighted by Gasteiger charge is -2.59. The number of anilines is 3. The van der Waals surface area contributed by atoms with Crippen LogP contribution in [0.1, 0.15) is 267 Å². The number of amides is 2. The van der Waals surface area contributed by atoms with E-state index in [1.165, 1.54) is 16.8 Å². The van der Waals surface area contributed by atoms with Crippen molar-refractivity contribution in [1.29, 1.82) is 5.26 Å². The number of nitriles is 1. The Labute approximate surface area is 703 Å². The summed E-state index contributed by atoms with van der Waals surface area (Å²) in [6.07, 6.45) is 18.2. The average Bonchev–Trinajstić information content (AvgIpc) is 1.28. The van der Waals surface area contributed by atoms with Crippen LogP contribution in [0.2, 0.25) is 0 Å². The third kappa shape index (κ3) is 13.4. The Kier molecular flexibility index (Phi) is 22.4. The van der Waals surface area contributed by atoms with Gasteiger partial charge in [-0.3, -0.25) is 38.0 Å². The van der Waals surface area contributed by atoms with Gasteiger partial charge in [0.1, 0.15) is 29.2 Å². The maximum atomic E-state index is 12.8. The molecule has 1 unspecified atom stereocenters. The molecule has 14 aliphatic rings. The lowest BCUT2D eigenvalue weighted by molar-refractivity contribution is -0.283. The summed E-state index contributed by atoms with van der Waals surface area (Å²) in [5.74, 6) is 2.09. The third-order valence-corrected chi connectivity index (χ3v) is 33.8. The molecule has 2 aromatic carbocycles. The Hall–Kier alpha value is -7.47. The molecule has 4 saturated heterocycles. The summed E-state index contributed by atoms with van der Waals surface area (Å²) in [4.78, 5) is 63.4. The van der Waals surface area contributed by atoms with Crippen molar-refractivity contribution >= 4 is 46.6 Å². The second-order valence-corrected chi connectivity index (χ2v) is 41.0. The normalized spacial score (nSPS) is 33.7. The van der Waals surface area contributed by atoms with Gasteiger partial charge in [-0.1, -0.05) is 140 Å². The van der Waals surface area contributed by atoms with E-state index < -0.39 is 39.9 Å². The van der Waals surface area contributed by atoms with E-state index in [0.29, 0.717) is 106 Å². The number of carbonyl (C=O) groups is 5. The largest absolute Gasteiger partial charge is 0.515 e. The number of aliphatic hydroxyl groups excluding tert-OH is 1. The number of hydrogen-bond acceptors (Lipinski definition) is 19. The van der Waals surface area contributed by atoms with Gasteiger partial charge in [0.05, 0.1) is 82.3 Å². The molecule has 2 amide bonds. The maximum absolute atomic E-state index is 12.8. The molecule has 19 rings (SSSR count). The highest BCUT2D eigenvalue weighted by Crippen LogP contribution is 2.68. The van der Waals surface area contributed by atoms with Gasteiger partial charge in [0.2, 0.25) is 0 Å². The summed E-state index contributed by atoms with van der Waals surface area (Å²) < 4.78 is 54.1. The summed E-state index contributed by atoms with van der Waals surface area (Å²) in [6.45, 7) is 38.5. The molecule has 0 radical (unpaired) electrons. The van der Waals surface area contributed by atoms with Crippen LogP contribution in [0.25, 0.3) is 0 Å².